The van der Waals surface area contributed by atoms with Gasteiger partial charge in [0, 0.05) is 35.0 Å². The van der Waals surface area contributed by atoms with Crippen LogP contribution in [0.3, 0.4) is 0 Å². The van der Waals surface area contributed by atoms with Gasteiger partial charge in [0.1, 0.15) is 0 Å². The van der Waals surface area contributed by atoms with Crippen molar-refractivity contribution < 1.29 is 23.9 Å². The minimum absolute atomic E-state index is 0.0353. The minimum Gasteiger partial charge on any atom is -0.456 e. The molecule has 4 saturated carbocycles. The fourth-order valence-corrected chi connectivity index (χ4v) is 7.48. The number of hydrogen-bond acceptors (Lipinski definition) is 5. The van der Waals surface area contributed by atoms with Gasteiger partial charge in [-0.2, -0.15) is 0 Å². The number of benzene rings is 2. The summed E-state index contributed by atoms with van der Waals surface area (Å²) in [5, 5.41) is 4.75. The van der Waals surface area contributed by atoms with Crippen LogP contribution in [0.5, 0.6) is 0 Å². The molecule has 4 fully saturated rings. The highest BCUT2D eigenvalue weighted by Gasteiger charge is 2.51. The van der Waals surface area contributed by atoms with E-state index < -0.39 is 5.97 Å². The number of amides is 3. The van der Waals surface area contributed by atoms with E-state index in [2.05, 4.69) is 5.32 Å². The molecule has 4 aliphatic carbocycles. The van der Waals surface area contributed by atoms with E-state index in [1.165, 1.54) is 24.2 Å². The highest BCUT2D eigenvalue weighted by Crippen LogP contribution is 2.55. The number of carbonyl (C=O) groups is 4. The van der Waals surface area contributed by atoms with E-state index >= 15 is 0 Å². The van der Waals surface area contributed by atoms with Crippen LogP contribution in [0.2, 0.25) is 0 Å². The maximum atomic E-state index is 12.9. The molecule has 4 bridgehead atoms. The first kappa shape index (κ1) is 22.3. The molecule has 0 atom stereocenters. The molecule has 5 aliphatic rings. The van der Waals surface area contributed by atoms with Crippen molar-refractivity contribution in [3.05, 3.63) is 47.5 Å². The molecule has 1 aliphatic heterocycles. The van der Waals surface area contributed by atoms with Crippen molar-refractivity contribution in [1.82, 2.24) is 10.2 Å². The summed E-state index contributed by atoms with van der Waals surface area (Å²) in [7, 11) is 0. The molecular formula is C28H30N2O5. The van der Waals surface area contributed by atoms with Gasteiger partial charge in [-0.3, -0.25) is 24.1 Å². The van der Waals surface area contributed by atoms with E-state index in [1.54, 1.807) is 24.3 Å². The summed E-state index contributed by atoms with van der Waals surface area (Å²) in [5.41, 5.74) is 0.898. The smallest absolute Gasteiger partial charge is 0.306 e. The molecule has 7 heteroatoms. The van der Waals surface area contributed by atoms with E-state index in [1.807, 2.05) is 12.1 Å². The van der Waals surface area contributed by atoms with E-state index in [0.29, 0.717) is 16.5 Å². The van der Waals surface area contributed by atoms with E-state index in [-0.39, 0.29) is 49.3 Å². The van der Waals surface area contributed by atoms with Gasteiger partial charge in [0.25, 0.3) is 17.7 Å². The van der Waals surface area contributed by atoms with Crippen molar-refractivity contribution in [3.63, 3.8) is 0 Å². The van der Waals surface area contributed by atoms with E-state index in [0.717, 1.165) is 42.4 Å². The summed E-state index contributed by atoms with van der Waals surface area (Å²) in [5.74, 6) is 0.761. The third-order valence-electron chi connectivity index (χ3n) is 8.43. The number of hydrogen-bond donors (Lipinski definition) is 1. The largest absolute Gasteiger partial charge is 0.456 e. The summed E-state index contributed by atoms with van der Waals surface area (Å²) in [4.78, 5) is 51.9. The number of nitrogens with one attached hydrogen (secondary N) is 1. The van der Waals surface area contributed by atoms with Crippen molar-refractivity contribution in [2.45, 2.75) is 56.9 Å². The fourth-order valence-electron chi connectivity index (χ4n) is 7.48. The number of ether oxygens (including phenoxy) is 1. The summed E-state index contributed by atoms with van der Waals surface area (Å²) in [6.07, 6.45) is 7.36. The van der Waals surface area contributed by atoms with Crippen molar-refractivity contribution >= 4 is 34.5 Å². The Kier molecular flexibility index (Phi) is 5.38. The van der Waals surface area contributed by atoms with Crippen LogP contribution >= 0.6 is 0 Å². The van der Waals surface area contributed by atoms with Crippen LogP contribution in [0.4, 0.5) is 0 Å². The van der Waals surface area contributed by atoms with Crippen LogP contribution in [0.25, 0.3) is 10.8 Å². The molecule has 7 nitrogen and oxygen atoms in total. The summed E-state index contributed by atoms with van der Waals surface area (Å²) in [6, 6.07) is 10.8. The van der Waals surface area contributed by atoms with Crippen LogP contribution in [-0.4, -0.2) is 47.3 Å². The number of esters is 1. The lowest BCUT2D eigenvalue weighted by molar-refractivity contribution is -0.150. The van der Waals surface area contributed by atoms with Crippen molar-refractivity contribution in [3.8, 4) is 0 Å². The molecule has 1 heterocycles. The van der Waals surface area contributed by atoms with Crippen LogP contribution in [0.15, 0.2) is 36.4 Å². The number of nitrogens with zero attached hydrogens (tertiary/aromatic N) is 1. The normalized spacial score (nSPS) is 28.5. The standard InChI is InChI=1S/C28H30N2O5/c31-23(29-28-13-17-10-18(14-28)12-19(11-17)15-28)16-35-24(32)8-3-9-30-26(33)21-6-1-4-20-5-2-7-22(25(20)21)27(30)34/h1-2,4-7,17-19H,3,8-16H2,(H,29,31). The van der Waals surface area contributed by atoms with Crippen LogP contribution < -0.4 is 5.32 Å². The Hall–Kier alpha value is -3.22. The topological polar surface area (TPSA) is 92.8 Å². The van der Waals surface area contributed by atoms with Gasteiger partial charge in [0.2, 0.25) is 0 Å². The Balaban J connectivity index is 0.996. The molecule has 1 N–H and O–H groups in total. The van der Waals surface area contributed by atoms with Crippen molar-refractivity contribution in [2.75, 3.05) is 13.2 Å². The second-order valence-electron chi connectivity index (χ2n) is 11.0. The molecule has 0 radical (unpaired) electrons. The Morgan fingerprint density at radius 3 is 2.06 bits per heavy atom. The Morgan fingerprint density at radius 2 is 1.49 bits per heavy atom. The van der Waals surface area contributed by atoms with Gasteiger partial charge in [-0.15, -0.1) is 0 Å². The third kappa shape index (κ3) is 4.01. The number of imide groups is 1. The summed E-state index contributed by atoms with van der Waals surface area (Å²) < 4.78 is 5.22. The average Bonchev–Trinajstić information content (AvgIpc) is 2.82. The minimum atomic E-state index is -0.495. The SMILES string of the molecule is O=C(COC(=O)CCCN1C(=O)c2cccc3cccc(c23)C1=O)NC12CC3CC(CC(C3)C1)C2. The molecule has 3 amide bonds. The highest BCUT2D eigenvalue weighted by atomic mass is 16.5. The predicted molar refractivity (Wildman–Crippen MR) is 129 cm³/mol. The molecule has 0 saturated heterocycles. The van der Waals surface area contributed by atoms with Gasteiger partial charge in [0.15, 0.2) is 6.61 Å². The predicted octanol–water partition coefficient (Wildman–Crippen LogP) is 3.84. The molecular weight excluding hydrogens is 444 g/mol. The Morgan fingerprint density at radius 1 is 0.914 bits per heavy atom. The zero-order valence-electron chi connectivity index (χ0n) is 19.8. The van der Waals surface area contributed by atoms with Gasteiger partial charge < -0.3 is 10.1 Å². The lowest BCUT2D eigenvalue weighted by Crippen LogP contribution is -2.60. The average molecular weight is 475 g/mol. The molecule has 7 rings (SSSR count). The van der Waals surface area contributed by atoms with Crippen molar-refractivity contribution in [2.24, 2.45) is 17.8 Å². The Labute approximate surface area is 204 Å². The molecule has 0 aromatic heterocycles. The maximum absolute atomic E-state index is 12.9. The van der Waals surface area contributed by atoms with E-state index in [9.17, 15) is 19.2 Å². The third-order valence-corrected chi connectivity index (χ3v) is 8.43. The van der Waals surface area contributed by atoms with E-state index in [4.69, 9.17) is 4.74 Å². The molecule has 182 valence electrons. The summed E-state index contributed by atoms with van der Waals surface area (Å²) in [6.45, 7) is -0.158. The van der Waals surface area contributed by atoms with Gasteiger partial charge in [-0.1, -0.05) is 24.3 Å². The number of rotatable bonds is 7. The summed E-state index contributed by atoms with van der Waals surface area (Å²) >= 11 is 0. The van der Waals surface area contributed by atoms with Gasteiger partial charge in [0.05, 0.1) is 0 Å². The zero-order valence-corrected chi connectivity index (χ0v) is 19.8. The van der Waals surface area contributed by atoms with Crippen LogP contribution in [0.1, 0.15) is 72.1 Å². The van der Waals surface area contributed by atoms with Crippen LogP contribution in [0, 0.1) is 17.8 Å². The van der Waals surface area contributed by atoms with Gasteiger partial charge >= 0.3 is 5.97 Å². The first-order chi connectivity index (χ1) is 16.9. The molecule has 2 aromatic carbocycles. The number of carbonyl (C=O) groups excluding carboxylic acids is 4. The Bertz CT molecular complexity index is 1150. The zero-order chi connectivity index (χ0) is 24.2. The quantitative estimate of drug-likeness (QED) is 0.486. The van der Waals surface area contributed by atoms with Crippen LogP contribution in [-0.2, 0) is 14.3 Å². The van der Waals surface area contributed by atoms with Crippen molar-refractivity contribution in [1.29, 1.82) is 0 Å². The molecule has 0 unspecified atom stereocenters. The first-order valence-electron chi connectivity index (χ1n) is 12.8. The monoisotopic (exact) mass is 474 g/mol. The first-order valence-corrected chi connectivity index (χ1v) is 12.8. The second-order valence-corrected chi connectivity index (χ2v) is 11.0. The second kappa shape index (κ2) is 8.47. The fraction of sp³-hybridized carbons (Fsp3) is 0.500. The molecule has 2 aromatic rings. The van der Waals surface area contributed by atoms with Gasteiger partial charge in [-0.25, -0.2) is 0 Å². The highest BCUT2D eigenvalue weighted by molar-refractivity contribution is 6.25. The lowest BCUT2D eigenvalue weighted by atomic mass is 9.53. The van der Waals surface area contributed by atoms with Gasteiger partial charge in [-0.05, 0) is 80.2 Å². The molecule has 35 heavy (non-hydrogen) atoms. The lowest BCUT2D eigenvalue weighted by Gasteiger charge is -2.56. The molecule has 0 spiro atoms. The maximum Gasteiger partial charge on any atom is 0.306 e.